The summed E-state index contributed by atoms with van der Waals surface area (Å²) in [5.41, 5.74) is 0.523. The van der Waals surface area contributed by atoms with E-state index in [1.807, 2.05) is 0 Å². The van der Waals surface area contributed by atoms with E-state index >= 15 is 0 Å². The van der Waals surface area contributed by atoms with E-state index in [2.05, 4.69) is 10.1 Å². The topological polar surface area (TPSA) is 58.6 Å². The molecular weight excluding hydrogens is 120 g/mol. The maximum Gasteiger partial charge on any atom is 0.191 e. The Hall–Kier alpha value is -1.32. The molecule has 0 radical (unpaired) electrons. The molecule has 0 aliphatic rings. The van der Waals surface area contributed by atoms with Crippen LogP contribution >= 0.6 is 0 Å². The Labute approximate surface area is 51.8 Å². The summed E-state index contributed by atoms with van der Waals surface area (Å²) < 4.78 is 4.80. The molecule has 0 aliphatic carbocycles. The standard InChI is InChI=1S/C5H6N2O2/c1-4-7-5(2-6-8)3-9-4/h2-3,8H,1H3. The predicted molar refractivity (Wildman–Crippen MR) is 30.6 cm³/mol. The van der Waals surface area contributed by atoms with E-state index < -0.39 is 0 Å². The summed E-state index contributed by atoms with van der Waals surface area (Å²) in [6.45, 7) is 1.72. The van der Waals surface area contributed by atoms with Gasteiger partial charge < -0.3 is 9.62 Å². The van der Waals surface area contributed by atoms with Gasteiger partial charge in [-0.05, 0) is 0 Å². The van der Waals surface area contributed by atoms with E-state index in [0.717, 1.165) is 0 Å². The molecule has 1 N–H and O–H groups in total. The smallest absolute Gasteiger partial charge is 0.191 e. The van der Waals surface area contributed by atoms with Crippen LogP contribution in [0.5, 0.6) is 0 Å². The van der Waals surface area contributed by atoms with Crippen LogP contribution in [0, 0.1) is 6.92 Å². The number of nitrogens with zero attached hydrogens (tertiary/aromatic N) is 2. The van der Waals surface area contributed by atoms with Crippen LogP contribution in [0.2, 0.25) is 0 Å². The zero-order valence-corrected chi connectivity index (χ0v) is 4.90. The van der Waals surface area contributed by atoms with Gasteiger partial charge in [0.2, 0.25) is 0 Å². The highest BCUT2D eigenvalue weighted by Crippen LogP contribution is 1.95. The Kier molecular flexibility index (Phi) is 1.48. The fraction of sp³-hybridized carbons (Fsp3) is 0.200. The Bertz CT molecular complexity index is 216. The average molecular weight is 126 g/mol. The van der Waals surface area contributed by atoms with E-state index in [-0.39, 0.29) is 0 Å². The molecule has 4 heteroatoms. The van der Waals surface area contributed by atoms with E-state index in [4.69, 9.17) is 9.62 Å². The summed E-state index contributed by atoms with van der Waals surface area (Å²) in [6, 6.07) is 0. The molecule has 1 heterocycles. The molecule has 0 aromatic carbocycles. The number of oxazole rings is 1. The van der Waals surface area contributed by atoms with Crippen LogP contribution in [0.1, 0.15) is 11.6 Å². The highest BCUT2D eigenvalue weighted by Gasteiger charge is 1.93. The molecule has 48 valence electrons. The summed E-state index contributed by atoms with van der Waals surface area (Å²) >= 11 is 0. The van der Waals surface area contributed by atoms with Gasteiger partial charge in [-0.15, -0.1) is 0 Å². The van der Waals surface area contributed by atoms with Crippen LogP contribution < -0.4 is 0 Å². The van der Waals surface area contributed by atoms with Crippen LogP contribution in [0.3, 0.4) is 0 Å². The summed E-state index contributed by atoms with van der Waals surface area (Å²) in [5.74, 6) is 0.560. The highest BCUT2D eigenvalue weighted by atomic mass is 16.4. The lowest BCUT2D eigenvalue weighted by Crippen LogP contribution is -1.78. The second kappa shape index (κ2) is 2.30. The second-order valence-corrected chi connectivity index (χ2v) is 1.54. The molecule has 9 heavy (non-hydrogen) atoms. The second-order valence-electron chi connectivity index (χ2n) is 1.54. The van der Waals surface area contributed by atoms with Crippen molar-refractivity contribution in [3.05, 3.63) is 17.8 Å². The molecule has 0 amide bonds. The van der Waals surface area contributed by atoms with Crippen molar-refractivity contribution in [1.29, 1.82) is 0 Å². The molecule has 0 saturated carbocycles. The monoisotopic (exact) mass is 126 g/mol. The van der Waals surface area contributed by atoms with Gasteiger partial charge in [0.15, 0.2) is 5.89 Å². The number of hydrogen-bond donors (Lipinski definition) is 1. The zero-order valence-electron chi connectivity index (χ0n) is 4.90. The third kappa shape index (κ3) is 1.28. The lowest BCUT2D eigenvalue weighted by molar-refractivity contribution is 0.321. The largest absolute Gasteiger partial charge is 0.449 e. The van der Waals surface area contributed by atoms with Crippen LogP contribution in [-0.2, 0) is 0 Å². The fourth-order valence-electron chi connectivity index (χ4n) is 0.499. The lowest BCUT2D eigenvalue weighted by Gasteiger charge is -1.72. The van der Waals surface area contributed by atoms with Crippen molar-refractivity contribution < 1.29 is 9.62 Å². The van der Waals surface area contributed by atoms with Gasteiger partial charge in [-0.25, -0.2) is 4.98 Å². The average Bonchev–Trinajstić information content (AvgIpc) is 2.17. The predicted octanol–water partition coefficient (Wildman–Crippen LogP) is 0.791. The molecule has 0 bridgehead atoms. The number of aromatic nitrogens is 1. The van der Waals surface area contributed by atoms with Gasteiger partial charge in [0.25, 0.3) is 0 Å². The number of hydrogen-bond acceptors (Lipinski definition) is 4. The molecule has 4 nitrogen and oxygen atoms in total. The van der Waals surface area contributed by atoms with Gasteiger partial charge >= 0.3 is 0 Å². The first kappa shape index (κ1) is 5.81. The van der Waals surface area contributed by atoms with Crippen molar-refractivity contribution in [3.63, 3.8) is 0 Å². The first-order chi connectivity index (χ1) is 4.33. The first-order valence-electron chi connectivity index (χ1n) is 2.42. The van der Waals surface area contributed by atoms with E-state index in [1.165, 1.54) is 12.5 Å². The summed E-state index contributed by atoms with van der Waals surface area (Å²) in [7, 11) is 0. The van der Waals surface area contributed by atoms with Crippen molar-refractivity contribution in [3.8, 4) is 0 Å². The minimum Gasteiger partial charge on any atom is -0.449 e. The van der Waals surface area contributed by atoms with Crippen molar-refractivity contribution >= 4 is 6.21 Å². The minimum absolute atomic E-state index is 0.523. The highest BCUT2D eigenvalue weighted by molar-refractivity contribution is 5.75. The van der Waals surface area contributed by atoms with Crippen molar-refractivity contribution in [1.82, 2.24) is 4.98 Å². The molecular formula is C5H6N2O2. The molecule has 1 aromatic heterocycles. The molecule has 0 fully saturated rings. The first-order valence-corrected chi connectivity index (χ1v) is 2.42. The third-order valence-corrected chi connectivity index (χ3v) is 0.827. The Balaban J connectivity index is 2.85. The number of aryl methyl sites for hydroxylation is 1. The van der Waals surface area contributed by atoms with Crippen LogP contribution in [-0.4, -0.2) is 16.4 Å². The Morgan fingerprint density at radius 3 is 3.11 bits per heavy atom. The van der Waals surface area contributed by atoms with Gasteiger partial charge in [0, 0.05) is 6.92 Å². The molecule has 1 rings (SSSR count). The Morgan fingerprint density at radius 1 is 1.89 bits per heavy atom. The van der Waals surface area contributed by atoms with Gasteiger partial charge in [0.1, 0.15) is 12.0 Å². The van der Waals surface area contributed by atoms with Crippen molar-refractivity contribution in [2.24, 2.45) is 5.16 Å². The molecule has 0 aliphatic heterocycles. The normalized spacial score (nSPS) is 10.8. The summed E-state index contributed by atoms with van der Waals surface area (Å²) in [4.78, 5) is 3.82. The fourth-order valence-corrected chi connectivity index (χ4v) is 0.499. The maximum absolute atomic E-state index is 8.02. The zero-order chi connectivity index (χ0) is 6.69. The Morgan fingerprint density at radius 2 is 2.67 bits per heavy atom. The van der Waals surface area contributed by atoms with Gasteiger partial charge in [0.05, 0.1) is 6.21 Å². The van der Waals surface area contributed by atoms with E-state index in [0.29, 0.717) is 11.6 Å². The number of oxime groups is 1. The molecule has 0 spiro atoms. The van der Waals surface area contributed by atoms with E-state index in [9.17, 15) is 0 Å². The van der Waals surface area contributed by atoms with Crippen LogP contribution in [0.4, 0.5) is 0 Å². The maximum atomic E-state index is 8.02. The minimum atomic E-state index is 0.523. The summed E-state index contributed by atoms with van der Waals surface area (Å²) in [6.07, 6.45) is 2.62. The molecule has 0 saturated heterocycles. The summed E-state index contributed by atoms with van der Waals surface area (Å²) in [5, 5.41) is 10.8. The van der Waals surface area contributed by atoms with Gasteiger partial charge in [-0.3, -0.25) is 0 Å². The van der Waals surface area contributed by atoms with E-state index in [1.54, 1.807) is 6.92 Å². The quantitative estimate of drug-likeness (QED) is 0.344. The third-order valence-electron chi connectivity index (χ3n) is 0.827. The van der Waals surface area contributed by atoms with Gasteiger partial charge in [-0.2, -0.15) is 0 Å². The molecule has 1 aromatic rings. The van der Waals surface area contributed by atoms with Crippen molar-refractivity contribution in [2.45, 2.75) is 6.92 Å². The molecule has 0 atom stereocenters. The molecule has 0 unspecified atom stereocenters. The van der Waals surface area contributed by atoms with Gasteiger partial charge in [-0.1, -0.05) is 5.16 Å². The SMILES string of the molecule is Cc1nc(C=NO)co1. The lowest BCUT2D eigenvalue weighted by atomic mass is 10.5. The number of rotatable bonds is 1. The van der Waals surface area contributed by atoms with Crippen molar-refractivity contribution in [2.75, 3.05) is 0 Å². The van der Waals surface area contributed by atoms with Crippen LogP contribution in [0.15, 0.2) is 15.8 Å². The van der Waals surface area contributed by atoms with Crippen LogP contribution in [0.25, 0.3) is 0 Å².